The fourth-order valence-corrected chi connectivity index (χ4v) is 3.58. The molecule has 1 aromatic carbocycles. The number of halogens is 2. The number of anilines is 3. The van der Waals surface area contributed by atoms with Crippen LogP contribution in [0, 0.1) is 11.3 Å². The van der Waals surface area contributed by atoms with Crippen LogP contribution in [-0.2, 0) is 0 Å². The Hall–Kier alpha value is -4.34. The highest BCUT2D eigenvalue weighted by Crippen LogP contribution is 2.35. The van der Waals surface area contributed by atoms with Crippen LogP contribution in [-0.4, -0.2) is 53.1 Å². The van der Waals surface area contributed by atoms with Gasteiger partial charge < -0.3 is 10.4 Å². The van der Waals surface area contributed by atoms with E-state index in [2.05, 4.69) is 30.9 Å². The van der Waals surface area contributed by atoms with Crippen LogP contribution in [0.4, 0.5) is 31.0 Å². The Labute approximate surface area is 186 Å². The van der Waals surface area contributed by atoms with Crippen molar-refractivity contribution < 1.29 is 18.7 Å². The largest absolute Gasteiger partial charge is 0.464 e. The molecule has 0 aliphatic heterocycles. The smallest absolute Gasteiger partial charge is 0.426 e. The zero-order valence-electron chi connectivity index (χ0n) is 17.2. The first kappa shape index (κ1) is 21.9. The van der Waals surface area contributed by atoms with Crippen molar-refractivity contribution in [1.82, 2.24) is 30.0 Å². The summed E-state index contributed by atoms with van der Waals surface area (Å²) in [7, 11) is 0. The second kappa shape index (κ2) is 9.03. The lowest BCUT2D eigenvalue weighted by Gasteiger charge is -2.35. The SMILES string of the molecule is N#Cc1cnc(NN(C(=O)O)C2CCCC(F)(F)C2)nc1Nc1cccc(-n2nccn2)c1. The summed E-state index contributed by atoms with van der Waals surface area (Å²) >= 11 is 0. The van der Waals surface area contributed by atoms with Crippen LogP contribution in [0.15, 0.2) is 42.9 Å². The molecule has 0 saturated heterocycles. The van der Waals surface area contributed by atoms with E-state index in [1.54, 1.807) is 24.3 Å². The highest BCUT2D eigenvalue weighted by Gasteiger charge is 2.40. The van der Waals surface area contributed by atoms with E-state index in [1.807, 2.05) is 6.07 Å². The number of carboxylic acid groups (broad SMARTS) is 1. The quantitative estimate of drug-likeness (QED) is 0.475. The normalized spacial score (nSPS) is 17.1. The second-order valence-corrected chi connectivity index (χ2v) is 7.43. The average molecular weight is 455 g/mol. The summed E-state index contributed by atoms with van der Waals surface area (Å²) in [5.41, 5.74) is 3.83. The molecule has 1 saturated carbocycles. The monoisotopic (exact) mass is 455 g/mol. The molecule has 4 rings (SSSR count). The number of hydrazine groups is 1. The van der Waals surface area contributed by atoms with Gasteiger partial charge in [-0.05, 0) is 31.0 Å². The lowest BCUT2D eigenvalue weighted by atomic mass is 9.92. The lowest BCUT2D eigenvalue weighted by Crippen LogP contribution is -2.48. The number of alkyl halides is 2. The molecule has 1 unspecified atom stereocenters. The number of amides is 1. The van der Waals surface area contributed by atoms with Crippen LogP contribution in [0.2, 0.25) is 0 Å². The predicted molar refractivity (Wildman–Crippen MR) is 112 cm³/mol. The number of hydrogen-bond donors (Lipinski definition) is 3. The molecule has 0 radical (unpaired) electrons. The van der Waals surface area contributed by atoms with Gasteiger partial charge in [-0.25, -0.2) is 23.6 Å². The first-order valence-corrected chi connectivity index (χ1v) is 10.0. The van der Waals surface area contributed by atoms with Crippen molar-refractivity contribution >= 4 is 23.5 Å². The molecule has 170 valence electrons. The molecule has 2 heterocycles. The Morgan fingerprint density at radius 2 is 2.12 bits per heavy atom. The van der Waals surface area contributed by atoms with Crippen LogP contribution in [0.3, 0.4) is 0 Å². The first-order valence-electron chi connectivity index (χ1n) is 10.0. The molecule has 11 nitrogen and oxygen atoms in total. The number of nitrogens with zero attached hydrogens (tertiary/aromatic N) is 7. The Kier molecular flexibility index (Phi) is 5.99. The summed E-state index contributed by atoms with van der Waals surface area (Å²) in [6.07, 6.45) is 2.47. The number of carbonyl (C=O) groups is 1. The zero-order chi connectivity index (χ0) is 23.4. The maximum absolute atomic E-state index is 13.8. The van der Waals surface area contributed by atoms with Gasteiger partial charge in [0.15, 0.2) is 5.82 Å². The molecule has 2 aromatic heterocycles. The van der Waals surface area contributed by atoms with E-state index in [0.29, 0.717) is 16.4 Å². The Balaban J connectivity index is 1.57. The van der Waals surface area contributed by atoms with Gasteiger partial charge in [-0.15, -0.1) is 0 Å². The van der Waals surface area contributed by atoms with Crippen molar-refractivity contribution in [3.63, 3.8) is 0 Å². The van der Waals surface area contributed by atoms with Crippen LogP contribution in [0.25, 0.3) is 5.69 Å². The molecular weight excluding hydrogens is 436 g/mol. The molecule has 3 N–H and O–H groups in total. The zero-order valence-corrected chi connectivity index (χ0v) is 17.2. The van der Waals surface area contributed by atoms with E-state index in [0.717, 1.165) is 0 Å². The van der Waals surface area contributed by atoms with Crippen molar-refractivity contribution in [3.8, 4) is 11.8 Å². The van der Waals surface area contributed by atoms with Crippen molar-refractivity contribution in [2.24, 2.45) is 0 Å². The molecule has 13 heteroatoms. The molecule has 1 aliphatic carbocycles. The van der Waals surface area contributed by atoms with E-state index >= 15 is 0 Å². The highest BCUT2D eigenvalue weighted by atomic mass is 19.3. The van der Waals surface area contributed by atoms with Gasteiger partial charge in [0.1, 0.15) is 11.6 Å². The van der Waals surface area contributed by atoms with E-state index in [9.17, 15) is 23.9 Å². The summed E-state index contributed by atoms with van der Waals surface area (Å²) in [4.78, 5) is 21.3. The van der Waals surface area contributed by atoms with Crippen LogP contribution in [0.1, 0.15) is 31.2 Å². The van der Waals surface area contributed by atoms with Gasteiger partial charge in [-0.1, -0.05) is 6.07 Å². The molecule has 1 aliphatic rings. The number of nitrogens with one attached hydrogen (secondary N) is 2. The molecular formula is C20H19F2N9O2. The number of rotatable bonds is 6. The maximum atomic E-state index is 13.8. The minimum Gasteiger partial charge on any atom is -0.464 e. The van der Waals surface area contributed by atoms with E-state index in [1.165, 1.54) is 23.4 Å². The van der Waals surface area contributed by atoms with Gasteiger partial charge in [0.05, 0.1) is 30.3 Å². The fourth-order valence-electron chi connectivity index (χ4n) is 3.58. The molecule has 1 fully saturated rings. The summed E-state index contributed by atoms with van der Waals surface area (Å²) in [5.74, 6) is -2.98. The van der Waals surface area contributed by atoms with Crippen molar-refractivity contribution in [2.45, 2.75) is 37.6 Å². The Morgan fingerprint density at radius 3 is 2.82 bits per heavy atom. The minimum absolute atomic E-state index is 0.106. The third kappa shape index (κ3) is 5.12. The van der Waals surface area contributed by atoms with Gasteiger partial charge in [0.25, 0.3) is 0 Å². The van der Waals surface area contributed by atoms with Crippen molar-refractivity contribution in [2.75, 3.05) is 10.7 Å². The highest BCUT2D eigenvalue weighted by molar-refractivity contribution is 5.68. The fraction of sp³-hybridized carbons (Fsp3) is 0.300. The third-order valence-corrected chi connectivity index (χ3v) is 5.07. The second-order valence-electron chi connectivity index (χ2n) is 7.43. The van der Waals surface area contributed by atoms with Crippen molar-refractivity contribution in [3.05, 3.63) is 48.4 Å². The van der Waals surface area contributed by atoms with Gasteiger partial charge in [0.2, 0.25) is 11.9 Å². The van der Waals surface area contributed by atoms with Crippen LogP contribution >= 0.6 is 0 Å². The molecule has 1 amide bonds. The summed E-state index contributed by atoms with van der Waals surface area (Å²) in [6, 6.07) is 8.01. The van der Waals surface area contributed by atoms with E-state index < -0.39 is 24.5 Å². The Morgan fingerprint density at radius 1 is 1.33 bits per heavy atom. The topological polar surface area (TPSA) is 145 Å². The summed E-state index contributed by atoms with van der Waals surface area (Å²) in [5, 5.41) is 30.8. The van der Waals surface area contributed by atoms with Crippen LogP contribution < -0.4 is 10.7 Å². The molecule has 1 atom stereocenters. The van der Waals surface area contributed by atoms with E-state index in [-0.39, 0.29) is 36.6 Å². The maximum Gasteiger partial charge on any atom is 0.426 e. The molecule has 0 bridgehead atoms. The number of nitriles is 1. The number of hydrogen-bond acceptors (Lipinski definition) is 8. The summed E-state index contributed by atoms with van der Waals surface area (Å²) in [6.45, 7) is 0. The van der Waals surface area contributed by atoms with E-state index in [4.69, 9.17) is 0 Å². The predicted octanol–water partition coefficient (Wildman–Crippen LogP) is 3.56. The molecule has 3 aromatic rings. The molecule has 33 heavy (non-hydrogen) atoms. The van der Waals surface area contributed by atoms with Gasteiger partial charge in [0, 0.05) is 18.5 Å². The number of aromatic nitrogens is 5. The molecule has 0 spiro atoms. The lowest BCUT2D eigenvalue weighted by molar-refractivity contribution is -0.0571. The van der Waals surface area contributed by atoms with Crippen LogP contribution in [0.5, 0.6) is 0 Å². The Bertz CT molecular complexity index is 1180. The van der Waals surface area contributed by atoms with Gasteiger partial charge in [-0.2, -0.15) is 25.2 Å². The number of benzene rings is 1. The van der Waals surface area contributed by atoms with Crippen molar-refractivity contribution in [1.29, 1.82) is 5.26 Å². The third-order valence-electron chi connectivity index (χ3n) is 5.07. The van der Waals surface area contributed by atoms with Gasteiger partial charge in [-0.3, -0.25) is 5.43 Å². The minimum atomic E-state index is -2.94. The first-order chi connectivity index (χ1) is 15.8. The van der Waals surface area contributed by atoms with Gasteiger partial charge >= 0.3 is 6.09 Å². The standard InChI is InChI=1S/C20H19F2N9O2/c21-20(22)6-2-5-16(10-20)30(19(32)33)29-18-24-12-13(11-23)17(28-18)27-14-3-1-4-15(9-14)31-25-7-8-26-31/h1,3-4,7-9,12,16H,2,5-6,10H2,(H,32,33)(H2,24,27,28,29). The summed E-state index contributed by atoms with van der Waals surface area (Å²) < 4.78 is 27.6. The average Bonchev–Trinajstić information content (AvgIpc) is 3.32.